The summed E-state index contributed by atoms with van der Waals surface area (Å²) in [6.07, 6.45) is 2.52. The third-order valence-electron chi connectivity index (χ3n) is 3.79. The van der Waals surface area contributed by atoms with Crippen molar-refractivity contribution in [3.63, 3.8) is 0 Å². The minimum atomic E-state index is -0.296. The van der Waals surface area contributed by atoms with E-state index < -0.39 is 0 Å². The fourth-order valence-electron chi connectivity index (χ4n) is 2.75. The van der Waals surface area contributed by atoms with Gasteiger partial charge in [-0.15, -0.1) is 0 Å². The van der Waals surface area contributed by atoms with Crippen LogP contribution in [0.3, 0.4) is 0 Å². The van der Waals surface area contributed by atoms with Gasteiger partial charge < -0.3 is 19.4 Å². The Morgan fingerprint density at radius 2 is 2.25 bits per heavy atom. The molecule has 1 amide bonds. The van der Waals surface area contributed by atoms with Crippen molar-refractivity contribution in [2.45, 2.75) is 32.9 Å². The summed E-state index contributed by atoms with van der Waals surface area (Å²) in [5.74, 6) is 1.08. The van der Waals surface area contributed by atoms with Crippen molar-refractivity contribution >= 4 is 11.6 Å². The maximum atomic E-state index is 12.3. The highest BCUT2D eigenvalue weighted by atomic mass is 16.5. The molecule has 1 aliphatic rings. The van der Waals surface area contributed by atoms with Crippen LogP contribution in [-0.4, -0.2) is 23.2 Å². The highest BCUT2D eigenvalue weighted by molar-refractivity contribution is 5.92. The zero-order valence-corrected chi connectivity index (χ0v) is 13.7. The van der Waals surface area contributed by atoms with E-state index in [4.69, 9.17) is 9.47 Å². The number of fused-ring (bicyclic) bond motifs is 1. The van der Waals surface area contributed by atoms with Gasteiger partial charge in [-0.05, 0) is 26.0 Å². The molecule has 0 spiro atoms. The molecule has 6 heteroatoms. The molecule has 1 atom stereocenters. The monoisotopic (exact) mass is 328 g/mol. The Balaban J connectivity index is 1.81. The van der Waals surface area contributed by atoms with Gasteiger partial charge in [-0.1, -0.05) is 6.07 Å². The largest absolute Gasteiger partial charge is 0.492 e. The summed E-state index contributed by atoms with van der Waals surface area (Å²) in [5, 5.41) is 2.81. The van der Waals surface area contributed by atoms with Crippen LogP contribution < -0.4 is 20.3 Å². The van der Waals surface area contributed by atoms with E-state index in [9.17, 15) is 9.59 Å². The number of amides is 1. The molecule has 0 unspecified atom stereocenters. The molecule has 6 nitrogen and oxygen atoms in total. The molecule has 3 rings (SSSR count). The van der Waals surface area contributed by atoms with Crippen molar-refractivity contribution < 1.29 is 14.3 Å². The Bertz CT molecular complexity index is 813. The predicted octanol–water partition coefficient (Wildman–Crippen LogP) is 2.21. The van der Waals surface area contributed by atoms with Gasteiger partial charge in [0.05, 0.1) is 12.3 Å². The summed E-state index contributed by atoms with van der Waals surface area (Å²) < 4.78 is 12.7. The van der Waals surface area contributed by atoms with Gasteiger partial charge in [-0.3, -0.25) is 9.59 Å². The van der Waals surface area contributed by atoms with Crippen molar-refractivity contribution in [2.75, 3.05) is 11.9 Å². The minimum Gasteiger partial charge on any atom is -0.492 e. The standard InChI is InChI=1S/C18H20N2O4/c1-3-23-16-9-13-8-12(2)24-15(13)10-14(16)19-17(21)11-20-7-5-4-6-18(20)22/h4-7,9-10,12H,3,8,11H2,1-2H3,(H,19,21)/t12-/m0/s1. The van der Waals surface area contributed by atoms with Crippen LogP contribution in [0.5, 0.6) is 11.5 Å². The van der Waals surface area contributed by atoms with Crippen LogP contribution in [0.2, 0.25) is 0 Å². The maximum absolute atomic E-state index is 12.3. The molecule has 1 N–H and O–H groups in total. The molecule has 1 aliphatic heterocycles. The molecular weight excluding hydrogens is 308 g/mol. The van der Waals surface area contributed by atoms with E-state index in [1.54, 1.807) is 24.4 Å². The molecule has 2 aromatic rings. The van der Waals surface area contributed by atoms with Gasteiger partial charge in [-0.2, -0.15) is 0 Å². The normalized spacial score (nSPS) is 15.5. The molecule has 0 radical (unpaired) electrons. The van der Waals surface area contributed by atoms with Crippen LogP contribution in [0.25, 0.3) is 0 Å². The van der Waals surface area contributed by atoms with Crippen molar-refractivity contribution in [3.8, 4) is 11.5 Å². The molecule has 1 aromatic heterocycles. The Kier molecular flexibility index (Phi) is 4.55. The second-order valence-electron chi connectivity index (χ2n) is 5.74. The molecule has 0 bridgehead atoms. The number of hydrogen-bond donors (Lipinski definition) is 1. The molecule has 0 saturated carbocycles. The van der Waals surface area contributed by atoms with Crippen LogP contribution in [0.4, 0.5) is 5.69 Å². The second-order valence-corrected chi connectivity index (χ2v) is 5.74. The highest BCUT2D eigenvalue weighted by Crippen LogP contribution is 2.38. The molecule has 0 fully saturated rings. The smallest absolute Gasteiger partial charge is 0.250 e. The van der Waals surface area contributed by atoms with Gasteiger partial charge in [0, 0.05) is 30.3 Å². The lowest BCUT2D eigenvalue weighted by Crippen LogP contribution is -2.26. The lowest BCUT2D eigenvalue weighted by atomic mass is 10.1. The molecular formula is C18H20N2O4. The Hall–Kier alpha value is -2.76. The van der Waals surface area contributed by atoms with Crippen molar-refractivity contribution in [1.82, 2.24) is 4.57 Å². The van der Waals surface area contributed by atoms with Crippen LogP contribution in [0, 0.1) is 0 Å². The van der Waals surface area contributed by atoms with E-state index in [0.717, 1.165) is 17.7 Å². The number of ether oxygens (including phenoxy) is 2. The van der Waals surface area contributed by atoms with E-state index in [1.807, 2.05) is 19.9 Å². The zero-order valence-electron chi connectivity index (χ0n) is 13.7. The van der Waals surface area contributed by atoms with E-state index in [-0.39, 0.29) is 24.1 Å². The third kappa shape index (κ3) is 3.42. The second kappa shape index (κ2) is 6.78. The van der Waals surface area contributed by atoms with Gasteiger partial charge in [0.2, 0.25) is 5.91 Å². The quantitative estimate of drug-likeness (QED) is 0.913. The number of pyridine rings is 1. The summed E-state index contributed by atoms with van der Waals surface area (Å²) in [4.78, 5) is 24.0. The van der Waals surface area contributed by atoms with Gasteiger partial charge in [-0.25, -0.2) is 0 Å². The molecule has 0 aliphatic carbocycles. The average molecular weight is 328 g/mol. The zero-order chi connectivity index (χ0) is 17.1. The number of anilines is 1. The predicted molar refractivity (Wildman–Crippen MR) is 90.7 cm³/mol. The maximum Gasteiger partial charge on any atom is 0.250 e. The molecule has 0 saturated heterocycles. The minimum absolute atomic E-state index is 0.0560. The lowest BCUT2D eigenvalue weighted by Gasteiger charge is -2.14. The Morgan fingerprint density at radius 3 is 3.00 bits per heavy atom. The van der Waals surface area contributed by atoms with E-state index in [2.05, 4.69) is 5.32 Å². The van der Waals surface area contributed by atoms with Crippen LogP contribution in [0.1, 0.15) is 19.4 Å². The number of carbonyl (C=O) groups excluding carboxylic acids is 1. The number of hydrogen-bond acceptors (Lipinski definition) is 4. The van der Waals surface area contributed by atoms with Crippen molar-refractivity contribution in [1.29, 1.82) is 0 Å². The number of rotatable bonds is 5. The van der Waals surface area contributed by atoms with Gasteiger partial charge in [0.25, 0.3) is 5.56 Å². The fourth-order valence-corrected chi connectivity index (χ4v) is 2.75. The van der Waals surface area contributed by atoms with Crippen molar-refractivity contribution in [2.24, 2.45) is 0 Å². The number of aromatic nitrogens is 1. The summed E-state index contributed by atoms with van der Waals surface area (Å²) >= 11 is 0. The first kappa shape index (κ1) is 16.1. The summed E-state index contributed by atoms with van der Waals surface area (Å²) in [5.41, 5.74) is 1.41. The SMILES string of the molecule is CCOc1cc2c(cc1NC(=O)Cn1ccccc1=O)O[C@@H](C)C2. The summed E-state index contributed by atoms with van der Waals surface area (Å²) in [6, 6.07) is 8.47. The number of benzene rings is 1. The number of nitrogens with zero attached hydrogens (tertiary/aromatic N) is 1. The van der Waals surface area contributed by atoms with E-state index in [1.165, 1.54) is 10.6 Å². The first-order valence-corrected chi connectivity index (χ1v) is 7.98. The number of nitrogens with one attached hydrogen (secondary N) is 1. The number of carbonyl (C=O) groups is 1. The summed E-state index contributed by atoms with van der Waals surface area (Å²) in [7, 11) is 0. The van der Waals surface area contributed by atoms with Crippen LogP contribution in [-0.2, 0) is 17.8 Å². The van der Waals surface area contributed by atoms with Crippen molar-refractivity contribution in [3.05, 3.63) is 52.4 Å². The van der Waals surface area contributed by atoms with Crippen LogP contribution in [0.15, 0.2) is 41.3 Å². The first-order chi connectivity index (χ1) is 11.6. The Morgan fingerprint density at radius 1 is 1.42 bits per heavy atom. The Labute approximate surface area is 140 Å². The summed E-state index contributed by atoms with van der Waals surface area (Å²) in [6.45, 7) is 4.33. The topological polar surface area (TPSA) is 69.6 Å². The third-order valence-corrected chi connectivity index (χ3v) is 3.79. The molecule has 1 aromatic carbocycles. The van der Waals surface area contributed by atoms with Gasteiger partial charge >= 0.3 is 0 Å². The first-order valence-electron chi connectivity index (χ1n) is 7.98. The van der Waals surface area contributed by atoms with E-state index >= 15 is 0 Å². The van der Waals surface area contributed by atoms with E-state index in [0.29, 0.717) is 18.0 Å². The highest BCUT2D eigenvalue weighted by Gasteiger charge is 2.22. The molecule has 126 valence electrons. The average Bonchev–Trinajstić information content (AvgIpc) is 2.89. The van der Waals surface area contributed by atoms with Gasteiger partial charge in [0.15, 0.2) is 0 Å². The molecule has 2 heterocycles. The van der Waals surface area contributed by atoms with Gasteiger partial charge in [0.1, 0.15) is 24.1 Å². The fraction of sp³-hybridized carbons (Fsp3) is 0.333. The molecule has 24 heavy (non-hydrogen) atoms. The lowest BCUT2D eigenvalue weighted by molar-refractivity contribution is -0.116. The van der Waals surface area contributed by atoms with Crippen LogP contribution >= 0.6 is 0 Å².